The van der Waals surface area contributed by atoms with Crippen molar-refractivity contribution in [2.24, 2.45) is 0 Å². The van der Waals surface area contributed by atoms with Crippen LogP contribution in [0.15, 0.2) is 48.5 Å². The second kappa shape index (κ2) is 7.17. The van der Waals surface area contributed by atoms with Gasteiger partial charge in [0.1, 0.15) is 12.4 Å². The minimum absolute atomic E-state index is 0.0641. The van der Waals surface area contributed by atoms with Gasteiger partial charge in [0, 0.05) is 18.4 Å². The molecule has 0 bridgehead atoms. The maximum absolute atomic E-state index is 12.3. The van der Waals surface area contributed by atoms with E-state index in [2.05, 4.69) is 0 Å². The normalized spacial score (nSPS) is 13.9. The van der Waals surface area contributed by atoms with Gasteiger partial charge in [-0.1, -0.05) is 24.3 Å². The van der Waals surface area contributed by atoms with E-state index in [1.54, 1.807) is 31.4 Å². The van der Waals surface area contributed by atoms with Gasteiger partial charge in [0.25, 0.3) is 0 Å². The lowest BCUT2D eigenvalue weighted by Crippen LogP contribution is -2.28. The van der Waals surface area contributed by atoms with Gasteiger partial charge in [-0.3, -0.25) is 14.5 Å². The second-order valence-corrected chi connectivity index (χ2v) is 5.56. The highest BCUT2D eigenvalue weighted by Crippen LogP contribution is 2.24. The molecule has 2 amide bonds. The van der Waals surface area contributed by atoms with Crippen LogP contribution in [0.3, 0.4) is 0 Å². The third-order valence-corrected chi connectivity index (χ3v) is 3.94. The zero-order chi connectivity index (χ0) is 17.8. The van der Waals surface area contributed by atoms with Crippen LogP contribution < -0.4 is 9.64 Å². The van der Waals surface area contributed by atoms with E-state index in [4.69, 9.17) is 9.47 Å². The summed E-state index contributed by atoms with van der Waals surface area (Å²) in [6.45, 7) is 0.0641. The van der Waals surface area contributed by atoms with E-state index in [1.165, 1.54) is 6.07 Å². The molecule has 6 heteroatoms. The molecule has 1 saturated heterocycles. The number of ether oxygens (including phenoxy) is 2. The number of amides is 2. The van der Waals surface area contributed by atoms with Crippen LogP contribution >= 0.6 is 0 Å². The Morgan fingerprint density at radius 1 is 1.04 bits per heavy atom. The molecule has 0 radical (unpaired) electrons. The third kappa shape index (κ3) is 3.52. The van der Waals surface area contributed by atoms with Gasteiger partial charge in [-0.05, 0) is 24.3 Å². The highest BCUT2D eigenvalue weighted by Gasteiger charge is 2.30. The average molecular weight is 339 g/mol. The van der Waals surface area contributed by atoms with Gasteiger partial charge in [-0.25, -0.2) is 4.79 Å². The maximum atomic E-state index is 12.3. The molecule has 1 aliphatic heterocycles. The van der Waals surface area contributed by atoms with Gasteiger partial charge in [0.15, 0.2) is 0 Å². The maximum Gasteiger partial charge on any atom is 0.338 e. The number of hydrogen-bond acceptors (Lipinski definition) is 5. The first-order chi connectivity index (χ1) is 12.1. The van der Waals surface area contributed by atoms with E-state index >= 15 is 0 Å². The van der Waals surface area contributed by atoms with E-state index < -0.39 is 5.97 Å². The molecule has 0 aliphatic carbocycles. The third-order valence-electron chi connectivity index (χ3n) is 3.94. The zero-order valence-electron chi connectivity index (χ0n) is 13.7. The predicted molar refractivity (Wildman–Crippen MR) is 90.3 cm³/mol. The first kappa shape index (κ1) is 16.7. The zero-order valence-corrected chi connectivity index (χ0v) is 13.7. The van der Waals surface area contributed by atoms with Gasteiger partial charge in [-0.2, -0.15) is 0 Å². The van der Waals surface area contributed by atoms with Crippen molar-refractivity contribution in [2.75, 3.05) is 12.0 Å². The Morgan fingerprint density at radius 3 is 2.48 bits per heavy atom. The molecular weight excluding hydrogens is 322 g/mol. The Balaban J connectivity index is 1.73. The summed E-state index contributed by atoms with van der Waals surface area (Å²) >= 11 is 0. The Morgan fingerprint density at radius 2 is 1.76 bits per heavy atom. The van der Waals surface area contributed by atoms with Gasteiger partial charge in [0.05, 0.1) is 18.4 Å². The number of para-hydroxylation sites is 1. The summed E-state index contributed by atoms with van der Waals surface area (Å²) in [6.07, 6.45) is 0.391. The van der Waals surface area contributed by atoms with Gasteiger partial charge in [0.2, 0.25) is 11.8 Å². The molecule has 0 aromatic heterocycles. The number of benzene rings is 2. The van der Waals surface area contributed by atoms with Crippen molar-refractivity contribution in [1.29, 1.82) is 0 Å². The van der Waals surface area contributed by atoms with Crippen LogP contribution in [0.5, 0.6) is 5.75 Å². The molecule has 0 spiro atoms. The van der Waals surface area contributed by atoms with Crippen LogP contribution in [-0.4, -0.2) is 24.9 Å². The second-order valence-electron chi connectivity index (χ2n) is 5.56. The summed E-state index contributed by atoms with van der Waals surface area (Å²) in [4.78, 5) is 37.0. The molecule has 0 atom stereocenters. The summed E-state index contributed by atoms with van der Waals surface area (Å²) < 4.78 is 10.5. The number of esters is 1. The fourth-order valence-electron chi connectivity index (χ4n) is 2.69. The van der Waals surface area contributed by atoms with Gasteiger partial charge < -0.3 is 9.47 Å². The fourth-order valence-corrected chi connectivity index (χ4v) is 2.69. The molecule has 0 N–H and O–H groups in total. The van der Waals surface area contributed by atoms with Gasteiger partial charge >= 0.3 is 5.97 Å². The average Bonchev–Trinajstić information content (AvgIpc) is 2.98. The van der Waals surface area contributed by atoms with Crippen molar-refractivity contribution >= 4 is 23.5 Å². The largest absolute Gasteiger partial charge is 0.496 e. The Labute approximate surface area is 145 Å². The van der Waals surface area contributed by atoms with Crippen LogP contribution in [0.2, 0.25) is 0 Å². The van der Waals surface area contributed by atoms with E-state index in [9.17, 15) is 14.4 Å². The minimum Gasteiger partial charge on any atom is -0.496 e. The Kier molecular flexibility index (Phi) is 4.79. The molecule has 1 aliphatic rings. The number of imide groups is 1. The molecule has 6 nitrogen and oxygen atoms in total. The van der Waals surface area contributed by atoms with Crippen LogP contribution in [-0.2, 0) is 20.9 Å². The summed E-state index contributed by atoms with van der Waals surface area (Å²) in [5.74, 6) is -0.418. The highest BCUT2D eigenvalue weighted by molar-refractivity contribution is 6.20. The summed E-state index contributed by atoms with van der Waals surface area (Å²) in [6, 6.07) is 13.6. The van der Waals surface area contributed by atoms with Crippen molar-refractivity contribution in [2.45, 2.75) is 19.4 Å². The molecule has 128 valence electrons. The summed E-state index contributed by atoms with van der Waals surface area (Å²) in [5.41, 5.74) is 1.42. The quantitative estimate of drug-likeness (QED) is 0.618. The number of anilines is 1. The van der Waals surface area contributed by atoms with Crippen molar-refractivity contribution in [3.05, 3.63) is 59.7 Å². The van der Waals surface area contributed by atoms with Gasteiger partial charge in [-0.15, -0.1) is 0 Å². The summed E-state index contributed by atoms with van der Waals surface area (Å²) in [5, 5.41) is 0. The SMILES string of the molecule is COc1ccccc1COC(=O)c1cccc(N2C(=O)CCC2=O)c1. The van der Waals surface area contributed by atoms with Crippen molar-refractivity contribution in [3.8, 4) is 5.75 Å². The van der Waals surface area contributed by atoms with E-state index in [-0.39, 0.29) is 36.8 Å². The molecule has 25 heavy (non-hydrogen) atoms. The molecule has 1 heterocycles. The lowest BCUT2D eigenvalue weighted by atomic mass is 10.2. The number of hydrogen-bond donors (Lipinski definition) is 0. The summed E-state index contributed by atoms with van der Waals surface area (Å²) in [7, 11) is 1.55. The smallest absolute Gasteiger partial charge is 0.338 e. The molecular formula is C19H17NO5. The number of carbonyl (C=O) groups excluding carboxylic acids is 3. The van der Waals surface area contributed by atoms with Crippen molar-refractivity contribution in [3.63, 3.8) is 0 Å². The van der Waals surface area contributed by atoms with E-state index in [0.29, 0.717) is 11.4 Å². The van der Waals surface area contributed by atoms with E-state index in [0.717, 1.165) is 10.5 Å². The number of carbonyl (C=O) groups is 3. The molecule has 2 aromatic carbocycles. The van der Waals surface area contributed by atoms with Crippen LogP contribution in [0.25, 0.3) is 0 Å². The predicted octanol–water partition coefficient (Wildman–Crippen LogP) is 2.71. The standard InChI is InChI=1S/C19H17NO5/c1-24-16-8-3-2-5-14(16)12-25-19(23)13-6-4-7-15(11-13)20-17(21)9-10-18(20)22/h2-8,11H,9-10,12H2,1H3. The molecule has 0 unspecified atom stereocenters. The Bertz CT molecular complexity index is 814. The fraction of sp³-hybridized carbons (Fsp3) is 0.211. The first-order valence-electron chi connectivity index (χ1n) is 7.85. The molecule has 1 fully saturated rings. The lowest BCUT2D eigenvalue weighted by Gasteiger charge is -2.15. The van der Waals surface area contributed by atoms with Crippen LogP contribution in [0.4, 0.5) is 5.69 Å². The lowest BCUT2D eigenvalue weighted by molar-refractivity contribution is -0.121. The van der Waals surface area contributed by atoms with E-state index in [1.807, 2.05) is 18.2 Å². The Hall–Kier alpha value is -3.15. The minimum atomic E-state index is -0.535. The number of rotatable bonds is 5. The van der Waals surface area contributed by atoms with Crippen molar-refractivity contribution < 1.29 is 23.9 Å². The molecule has 3 rings (SSSR count). The number of nitrogens with zero attached hydrogens (tertiary/aromatic N) is 1. The highest BCUT2D eigenvalue weighted by atomic mass is 16.5. The van der Waals surface area contributed by atoms with Crippen LogP contribution in [0, 0.1) is 0 Å². The van der Waals surface area contributed by atoms with Crippen molar-refractivity contribution in [1.82, 2.24) is 0 Å². The number of methoxy groups -OCH3 is 1. The topological polar surface area (TPSA) is 72.9 Å². The van der Waals surface area contributed by atoms with Crippen LogP contribution in [0.1, 0.15) is 28.8 Å². The first-order valence-corrected chi connectivity index (χ1v) is 7.85. The molecule has 2 aromatic rings. The molecule has 0 saturated carbocycles. The monoisotopic (exact) mass is 339 g/mol.